The van der Waals surface area contributed by atoms with Gasteiger partial charge in [-0.05, 0) is 106 Å². The van der Waals surface area contributed by atoms with Crippen LogP contribution in [0, 0.1) is 49.8 Å². The lowest BCUT2D eigenvalue weighted by Gasteiger charge is -2.51. The molecule has 0 radical (unpaired) electrons. The lowest BCUT2D eigenvalue weighted by molar-refractivity contribution is -0.136. The Bertz CT molecular complexity index is 2400. The predicted molar refractivity (Wildman–Crippen MR) is 209 cm³/mol. The van der Waals surface area contributed by atoms with Crippen molar-refractivity contribution in [2.75, 3.05) is 24.5 Å². The maximum absolute atomic E-state index is 15.2. The number of nitriles is 1. The molecule has 0 bridgehead atoms. The maximum atomic E-state index is 15.2. The van der Waals surface area contributed by atoms with E-state index in [9.17, 15) is 24.4 Å². The van der Waals surface area contributed by atoms with Gasteiger partial charge in [-0.25, -0.2) is 4.39 Å². The molecule has 0 spiro atoms. The predicted octanol–water partition coefficient (Wildman–Crippen LogP) is 6.61. The van der Waals surface area contributed by atoms with E-state index in [0.29, 0.717) is 12.0 Å². The van der Waals surface area contributed by atoms with E-state index in [1.165, 1.54) is 6.07 Å². The van der Waals surface area contributed by atoms with Gasteiger partial charge in [0.05, 0.1) is 34.0 Å². The molecule has 3 aromatic carbocycles. The quantitative estimate of drug-likeness (QED) is 0.139. The van der Waals surface area contributed by atoms with Gasteiger partial charge in [0, 0.05) is 61.2 Å². The fourth-order valence-corrected chi connectivity index (χ4v) is 8.94. The zero-order chi connectivity index (χ0) is 39.7. The van der Waals surface area contributed by atoms with Gasteiger partial charge >= 0.3 is 0 Å². The summed E-state index contributed by atoms with van der Waals surface area (Å²) in [5.41, 5.74) is 6.86. The summed E-state index contributed by atoms with van der Waals surface area (Å²) in [6, 6.07) is 19.1. The molecule has 12 nitrogen and oxygen atoms in total. The van der Waals surface area contributed by atoms with Crippen LogP contribution in [0.15, 0.2) is 64.1 Å². The average molecular weight is 768 g/mol. The minimum atomic E-state index is -1.12. The second-order valence-corrected chi connectivity index (χ2v) is 16.3. The molecule has 13 heteroatoms. The number of hydrogen-bond donors (Lipinski definition) is 1. The molecule has 4 heterocycles. The number of halogens is 1. The summed E-state index contributed by atoms with van der Waals surface area (Å²) in [4.78, 5) is 60.4. The molecule has 2 saturated heterocycles. The number of nitrogens with one attached hydrogen (secondary N) is 1. The Balaban J connectivity index is 0.855. The number of rotatable bonds is 10. The lowest BCUT2D eigenvalue weighted by Crippen LogP contribution is -2.58. The highest BCUT2D eigenvalue weighted by Crippen LogP contribution is 2.48. The van der Waals surface area contributed by atoms with Gasteiger partial charge in [0.1, 0.15) is 17.6 Å². The fraction of sp³-hybridized carbons (Fsp3) is 0.386. The topological polar surface area (TPSA) is 152 Å². The Labute approximate surface area is 329 Å². The van der Waals surface area contributed by atoms with E-state index in [4.69, 9.17) is 4.52 Å². The molecule has 4 amide bonds. The summed E-state index contributed by atoms with van der Waals surface area (Å²) in [5, 5.41) is 16.2. The van der Waals surface area contributed by atoms with Crippen LogP contribution in [0.4, 0.5) is 21.5 Å². The Hall–Kier alpha value is -6.00. The van der Waals surface area contributed by atoms with Crippen LogP contribution in [0.25, 0.3) is 11.1 Å². The van der Waals surface area contributed by atoms with Crippen molar-refractivity contribution in [1.82, 2.24) is 20.3 Å². The van der Waals surface area contributed by atoms with E-state index in [1.807, 2.05) is 13.8 Å². The highest BCUT2D eigenvalue weighted by atomic mass is 19.1. The van der Waals surface area contributed by atoms with Crippen LogP contribution in [0.2, 0.25) is 0 Å². The van der Waals surface area contributed by atoms with Crippen molar-refractivity contribution in [2.24, 2.45) is 16.8 Å². The van der Waals surface area contributed by atoms with Crippen LogP contribution in [-0.4, -0.2) is 76.5 Å². The highest BCUT2D eigenvalue weighted by molar-refractivity contribution is 6.23. The van der Waals surface area contributed by atoms with Crippen molar-refractivity contribution >= 4 is 46.9 Å². The van der Waals surface area contributed by atoms with Crippen molar-refractivity contribution in [2.45, 2.75) is 76.8 Å². The molecule has 4 fully saturated rings. The molecular weight excluding hydrogens is 726 g/mol. The number of carbonyl (C=O) groups is 4. The number of amides is 4. The molecule has 290 valence electrons. The van der Waals surface area contributed by atoms with Crippen LogP contribution in [0.3, 0.4) is 0 Å². The Kier molecular flexibility index (Phi) is 8.92. The Morgan fingerprint density at radius 1 is 1.02 bits per heavy atom. The molecule has 2 aliphatic carbocycles. The number of nitrogens with zero attached hydrogens (tertiary/aromatic N) is 6. The minimum Gasteiger partial charge on any atom is -0.361 e. The van der Waals surface area contributed by atoms with Crippen molar-refractivity contribution in [1.29, 1.82) is 5.26 Å². The van der Waals surface area contributed by atoms with Crippen molar-refractivity contribution < 1.29 is 28.1 Å². The first-order chi connectivity index (χ1) is 27.4. The van der Waals surface area contributed by atoms with Crippen LogP contribution in [0.1, 0.15) is 81.8 Å². The zero-order valence-corrected chi connectivity index (χ0v) is 32.0. The summed E-state index contributed by atoms with van der Waals surface area (Å²) in [7, 11) is 0. The number of aromatic nitrogens is 1. The molecule has 1 unspecified atom stereocenters. The van der Waals surface area contributed by atoms with E-state index in [-0.39, 0.29) is 41.0 Å². The molecule has 5 aliphatic rings. The Morgan fingerprint density at radius 3 is 2.39 bits per heavy atom. The first-order valence-electron chi connectivity index (χ1n) is 19.6. The minimum absolute atomic E-state index is 0.000904. The average Bonchev–Trinajstić information content (AvgIpc) is 3.84. The zero-order valence-electron chi connectivity index (χ0n) is 32.0. The second kappa shape index (κ2) is 13.9. The third kappa shape index (κ3) is 6.42. The summed E-state index contributed by atoms with van der Waals surface area (Å²) in [6.45, 7) is 8.74. The third-order valence-corrected chi connectivity index (χ3v) is 12.5. The van der Waals surface area contributed by atoms with Gasteiger partial charge in [-0.15, -0.1) is 0 Å². The SMILES string of the molecule is Cc1ccc(-c2c(C)noc2C)cc1N(CC1CN(C2CC(C=Nc3cc4c(cc3F)C(=O)N(C3CCC(=O)NC3=O)C4=O)C2)C1)c1ccc(C2(C#N)CC2)cc1. The molecule has 1 N–H and O–H groups in total. The molecule has 2 saturated carbocycles. The van der Waals surface area contributed by atoms with Crippen LogP contribution in [-0.2, 0) is 15.0 Å². The molecule has 57 heavy (non-hydrogen) atoms. The number of aliphatic imine (C=N–C) groups is 1. The standard InChI is InChI=1S/C44H42FN7O5/c1-24-4-5-29(40-25(2)49-57-26(40)3)16-38(24)51(31-8-6-30(7-9-31)44(23-46)12-13-44)22-28-20-50(21-28)32-14-27(15-32)19-47-36-18-34-33(17-35(36)45)42(55)52(43(34)56)37-10-11-39(53)48-41(37)54/h4-9,16-19,27-28,32,37H,10-15,20-22H2,1-3H3,(H,48,53,54). The van der Waals surface area contributed by atoms with E-state index >= 15 is 4.39 Å². The molecule has 4 aromatic rings. The van der Waals surface area contributed by atoms with Gasteiger partial charge in [0.15, 0.2) is 0 Å². The molecule has 9 rings (SSSR count). The molecular formula is C44H42FN7O5. The number of benzene rings is 3. The fourth-order valence-electron chi connectivity index (χ4n) is 8.94. The molecule has 1 atom stereocenters. The molecule has 1 aromatic heterocycles. The third-order valence-electron chi connectivity index (χ3n) is 12.5. The van der Waals surface area contributed by atoms with Gasteiger partial charge in [-0.3, -0.25) is 39.3 Å². The van der Waals surface area contributed by atoms with Crippen LogP contribution in [0.5, 0.6) is 0 Å². The number of imide groups is 2. The first-order valence-corrected chi connectivity index (χ1v) is 19.6. The second-order valence-electron chi connectivity index (χ2n) is 16.3. The number of likely N-dealkylation sites (tertiary alicyclic amines) is 1. The molecule has 3 aliphatic heterocycles. The normalized spacial score (nSPS) is 22.9. The lowest BCUT2D eigenvalue weighted by atomic mass is 9.77. The van der Waals surface area contributed by atoms with Gasteiger partial charge in [0.25, 0.3) is 11.8 Å². The number of aryl methyl sites for hydroxylation is 3. The Morgan fingerprint density at radius 2 is 1.74 bits per heavy atom. The monoisotopic (exact) mass is 767 g/mol. The van der Waals surface area contributed by atoms with Crippen molar-refractivity contribution in [3.63, 3.8) is 0 Å². The summed E-state index contributed by atoms with van der Waals surface area (Å²) in [5.74, 6) is -1.99. The summed E-state index contributed by atoms with van der Waals surface area (Å²) < 4.78 is 20.7. The van der Waals surface area contributed by atoms with Gasteiger partial charge in [-0.2, -0.15) is 5.26 Å². The number of anilines is 2. The number of fused-ring (bicyclic) bond motifs is 1. The maximum Gasteiger partial charge on any atom is 0.262 e. The van der Waals surface area contributed by atoms with Gasteiger partial charge < -0.3 is 9.42 Å². The smallest absolute Gasteiger partial charge is 0.262 e. The first kappa shape index (κ1) is 36.6. The summed E-state index contributed by atoms with van der Waals surface area (Å²) in [6.07, 6.45) is 5.33. The van der Waals surface area contributed by atoms with E-state index < -0.39 is 35.5 Å². The van der Waals surface area contributed by atoms with Crippen molar-refractivity contribution in [3.05, 3.63) is 94.1 Å². The highest BCUT2D eigenvalue weighted by Gasteiger charge is 2.46. The number of hydrogen-bond acceptors (Lipinski definition) is 10. The van der Waals surface area contributed by atoms with E-state index in [2.05, 4.69) is 80.7 Å². The van der Waals surface area contributed by atoms with Crippen molar-refractivity contribution in [3.8, 4) is 17.2 Å². The van der Waals surface area contributed by atoms with Crippen LogP contribution < -0.4 is 10.2 Å². The van der Waals surface area contributed by atoms with Gasteiger partial charge in [-0.1, -0.05) is 29.4 Å². The number of piperidine rings is 1. The van der Waals surface area contributed by atoms with Gasteiger partial charge in [0.2, 0.25) is 11.8 Å². The largest absolute Gasteiger partial charge is 0.361 e. The van der Waals surface area contributed by atoms with E-state index in [0.717, 1.165) is 101 Å². The summed E-state index contributed by atoms with van der Waals surface area (Å²) >= 11 is 0. The van der Waals surface area contributed by atoms with Crippen LogP contribution >= 0.6 is 0 Å². The van der Waals surface area contributed by atoms with E-state index in [1.54, 1.807) is 6.21 Å². The number of carbonyl (C=O) groups excluding carboxylic acids is 4.